The van der Waals surface area contributed by atoms with Gasteiger partial charge in [0.2, 0.25) is 11.8 Å². The molecule has 0 aromatic heterocycles. The summed E-state index contributed by atoms with van der Waals surface area (Å²) < 4.78 is 0. The Kier molecular flexibility index (Phi) is 4.56. The molecule has 6 nitrogen and oxygen atoms in total. The number of allylic oxidation sites excluding steroid dienone is 1. The molecule has 1 heterocycles. The lowest BCUT2D eigenvalue weighted by molar-refractivity contribution is -0.136. The van der Waals surface area contributed by atoms with Gasteiger partial charge < -0.3 is 5.32 Å². The fraction of sp³-hybridized carbons (Fsp3) is 0.455. The summed E-state index contributed by atoms with van der Waals surface area (Å²) in [6.45, 7) is 1.71. The molecular weight excluding hydrogens is 222 g/mol. The highest BCUT2D eigenvalue weighted by Crippen LogP contribution is 2.05. The van der Waals surface area contributed by atoms with Crippen molar-refractivity contribution in [3.8, 4) is 0 Å². The lowest BCUT2D eigenvalue weighted by atomic mass is 10.1. The van der Waals surface area contributed by atoms with Crippen LogP contribution in [0.15, 0.2) is 16.6 Å². The van der Waals surface area contributed by atoms with E-state index in [9.17, 15) is 14.4 Å². The van der Waals surface area contributed by atoms with Gasteiger partial charge in [-0.2, -0.15) is 0 Å². The Labute approximate surface area is 99.2 Å². The third kappa shape index (κ3) is 3.51. The van der Waals surface area contributed by atoms with E-state index in [1.807, 2.05) is 0 Å². The van der Waals surface area contributed by atoms with E-state index in [4.69, 9.17) is 0 Å². The zero-order chi connectivity index (χ0) is 12.8. The van der Waals surface area contributed by atoms with Crippen LogP contribution in [0.3, 0.4) is 0 Å². The van der Waals surface area contributed by atoms with Gasteiger partial charge in [0.05, 0.1) is 5.57 Å². The van der Waals surface area contributed by atoms with Crippen molar-refractivity contribution in [3.63, 3.8) is 0 Å². The van der Waals surface area contributed by atoms with E-state index in [2.05, 4.69) is 15.6 Å². The van der Waals surface area contributed by atoms with Crippen LogP contribution in [-0.4, -0.2) is 37.0 Å². The van der Waals surface area contributed by atoms with Crippen LogP contribution in [0.25, 0.3) is 0 Å². The summed E-state index contributed by atoms with van der Waals surface area (Å²) in [5.41, 5.74) is 0.386. The second-order valence-corrected chi connectivity index (χ2v) is 3.61. The lowest BCUT2D eigenvalue weighted by Gasteiger charge is -2.21. The summed E-state index contributed by atoms with van der Waals surface area (Å²) in [6, 6.07) is -0.652. The molecule has 0 radical (unpaired) electrons. The lowest BCUT2D eigenvalue weighted by Crippen LogP contribution is -2.52. The number of nitrogens with one attached hydrogen (secondary N) is 2. The minimum absolute atomic E-state index is 0.240. The molecule has 1 saturated heterocycles. The number of piperidine rings is 1. The van der Waals surface area contributed by atoms with Gasteiger partial charge in [-0.3, -0.25) is 24.7 Å². The quantitative estimate of drug-likeness (QED) is 0.396. The van der Waals surface area contributed by atoms with Crippen LogP contribution in [0.1, 0.15) is 19.8 Å². The standard InChI is InChI=1S/C11H15N3O3/c1-3-7(6-12-2)10(16)13-8-4-5-9(15)14-11(8)17/h3,6,8H,4-5H2,1-2H3,(H,13,16)(H,14,15,17)/b7-3+,12-6?. The van der Waals surface area contributed by atoms with Crippen molar-refractivity contribution in [3.05, 3.63) is 11.6 Å². The van der Waals surface area contributed by atoms with Crippen molar-refractivity contribution >= 4 is 23.9 Å². The van der Waals surface area contributed by atoms with E-state index < -0.39 is 11.9 Å². The summed E-state index contributed by atoms with van der Waals surface area (Å²) >= 11 is 0. The van der Waals surface area contributed by atoms with Crippen LogP contribution >= 0.6 is 0 Å². The molecule has 1 fully saturated rings. The number of rotatable bonds is 3. The van der Waals surface area contributed by atoms with Crippen LogP contribution in [0.5, 0.6) is 0 Å². The molecule has 17 heavy (non-hydrogen) atoms. The molecule has 0 spiro atoms. The summed E-state index contributed by atoms with van der Waals surface area (Å²) in [4.78, 5) is 37.8. The van der Waals surface area contributed by atoms with Gasteiger partial charge in [-0.25, -0.2) is 0 Å². The molecule has 0 bridgehead atoms. The van der Waals surface area contributed by atoms with Crippen molar-refractivity contribution in [2.45, 2.75) is 25.8 Å². The van der Waals surface area contributed by atoms with Gasteiger partial charge >= 0.3 is 0 Å². The topological polar surface area (TPSA) is 87.6 Å². The Morgan fingerprint density at radius 1 is 1.53 bits per heavy atom. The van der Waals surface area contributed by atoms with Gasteiger partial charge in [0.1, 0.15) is 6.04 Å². The first-order valence-electron chi connectivity index (χ1n) is 5.31. The Balaban J connectivity index is 2.63. The Bertz CT molecular complexity index is 399. The molecule has 1 aliphatic heterocycles. The highest BCUT2D eigenvalue weighted by atomic mass is 16.2. The first-order chi connectivity index (χ1) is 8.08. The van der Waals surface area contributed by atoms with Gasteiger partial charge in [0, 0.05) is 19.7 Å². The van der Waals surface area contributed by atoms with E-state index in [1.54, 1.807) is 20.0 Å². The third-order valence-corrected chi connectivity index (χ3v) is 2.39. The van der Waals surface area contributed by atoms with Gasteiger partial charge in [0.15, 0.2) is 0 Å². The van der Waals surface area contributed by atoms with E-state index in [-0.39, 0.29) is 18.2 Å². The molecule has 0 aliphatic carbocycles. The van der Waals surface area contributed by atoms with Gasteiger partial charge in [-0.05, 0) is 13.3 Å². The molecule has 1 rings (SSSR count). The molecule has 0 aromatic rings. The normalized spacial score (nSPS) is 21.5. The average Bonchev–Trinajstić information content (AvgIpc) is 2.29. The fourth-order valence-electron chi connectivity index (χ4n) is 1.48. The van der Waals surface area contributed by atoms with Gasteiger partial charge in [0.25, 0.3) is 5.91 Å². The van der Waals surface area contributed by atoms with Crippen LogP contribution in [-0.2, 0) is 14.4 Å². The van der Waals surface area contributed by atoms with Crippen molar-refractivity contribution in [1.29, 1.82) is 0 Å². The molecule has 2 N–H and O–H groups in total. The fourth-order valence-corrected chi connectivity index (χ4v) is 1.48. The molecule has 1 atom stereocenters. The van der Waals surface area contributed by atoms with E-state index in [1.165, 1.54) is 6.21 Å². The first kappa shape index (κ1) is 13.1. The maximum absolute atomic E-state index is 11.7. The van der Waals surface area contributed by atoms with Crippen molar-refractivity contribution < 1.29 is 14.4 Å². The van der Waals surface area contributed by atoms with E-state index >= 15 is 0 Å². The summed E-state index contributed by atoms with van der Waals surface area (Å²) in [5.74, 6) is -1.13. The van der Waals surface area contributed by atoms with Crippen LogP contribution in [0, 0.1) is 0 Å². The molecule has 92 valence electrons. The van der Waals surface area contributed by atoms with Crippen molar-refractivity contribution in [2.24, 2.45) is 4.99 Å². The van der Waals surface area contributed by atoms with Crippen molar-refractivity contribution in [2.75, 3.05) is 7.05 Å². The predicted molar refractivity (Wildman–Crippen MR) is 62.5 cm³/mol. The Morgan fingerprint density at radius 3 is 2.76 bits per heavy atom. The van der Waals surface area contributed by atoms with E-state index in [0.717, 1.165) is 0 Å². The second-order valence-electron chi connectivity index (χ2n) is 3.61. The number of aliphatic imine (C=N–C) groups is 1. The number of imide groups is 1. The predicted octanol–water partition coefficient (Wildman–Crippen LogP) is -0.445. The van der Waals surface area contributed by atoms with Crippen LogP contribution in [0.4, 0.5) is 0 Å². The first-order valence-corrected chi connectivity index (χ1v) is 5.31. The number of hydrogen-bond donors (Lipinski definition) is 2. The molecule has 0 aromatic carbocycles. The summed E-state index contributed by atoms with van der Waals surface area (Å²) in [7, 11) is 1.56. The maximum atomic E-state index is 11.7. The zero-order valence-electron chi connectivity index (χ0n) is 9.82. The molecular formula is C11H15N3O3. The minimum Gasteiger partial charge on any atom is -0.340 e. The van der Waals surface area contributed by atoms with Gasteiger partial charge in [-0.1, -0.05) is 6.08 Å². The maximum Gasteiger partial charge on any atom is 0.253 e. The highest BCUT2D eigenvalue weighted by molar-refractivity contribution is 6.13. The number of nitrogens with zero attached hydrogens (tertiary/aromatic N) is 1. The van der Waals surface area contributed by atoms with Crippen LogP contribution < -0.4 is 10.6 Å². The average molecular weight is 237 g/mol. The smallest absolute Gasteiger partial charge is 0.253 e. The number of carbonyl (C=O) groups excluding carboxylic acids is 3. The summed E-state index contributed by atoms with van der Waals surface area (Å²) in [5, 5.41) is 4.74. The Hall–Kier alpha value is -1.98. The molecule has 1 unspecified atom stereocenters. The largest absolute Gasteiger partial charge is 0.340 e. The third-order valence-electron chi connectivity index (χ3n) is 2.39. The van der Waals surface area contributed by atoms with E-state index in [0.29, 0.717) is 12.0 Å². The number of carbonyl (C=O) groups is 3. The van der Waals surface area contributed by atoms with Crippen molar-refractivity contribution in [1.82, 2.24) is 10.6 Å². The monoisotopic (exact) mass is 237 g/mol. The zero-order valence-corrected chi connectivity index (χ0v) is 9.82. The molecule has 0 saturated carbocycles. The Morgan fingerprint density at radius 2 is 2.24 bits per heavy atom. The van der Waals surface area contributed by atoms with Crippen LogP contribution in [0.2, 0.25) is 0 Å². The summed E-state index contributed by atoms with van der Waals surface area (Å²) in [6.07, 6.45) is 3.59. The SMILES string of the molecule is C/C=C(\C=NC)C(=O)NC1CCC(=O)NC1=O. The highest BCUT2D eigenvalue weighted by Gasteiger charge is 2.28. The minimum atomic E-state index is -0.652. The second kappa shape index (κ2) is 5.93. The number of amides is 3. The molecule has 3 amide bonds. The number of hydrogen-bond acceptors (Lipinski definition) is 4. The molecule has 6 heteroatoms. The molecule has 1 aliphatic rings. The van der Waals surface area contributed by atoms with Gasteiger partial charge in [-0.15, -0.1) is 0 Å².